The predicted octanol–water partition coefficient (Wildman–Crippen LogP) is 2.31. The van der Waals surface area contributed by atoms with Gasteiger partial charge in [0.2, 0.25) is 0 Å². The molecule has 1 aromatic heterocycles. The summed E-state index contributed by atoms with van der Waals surface area (Å²) in [6, 6.07) is 6.42. The minimum atomic E-state index is -0.454. The van der Waals surface area contributed by atoms with Crippen molar-refractivity contribution in [3.05, 3.63) is 35.1 Å². The molecule has 5 rings (SSSR count). The lowest BCUT2D eigenvalue weighted by Gasteiger charge is -2.37. The zero-order chi connectivity index (χ0) is 18.5. The molecule has 27 heavy (non-hydrogen) atoms. The molecule has 1 saturated heterocycles. The zero-order valence-corrected chi connectivity index (χ0v) is 15.5. The Hall–Kier alpha value is -2.35. The Morgan fingerprint density at radius 3 is 2.67 bits per heavy atom. The molecular formula is C19H19FN4O2S. The topological polar surface area (TPSA) is 66.4 Å². The summed E-state index contributed by atoms with van der Waals surface area (Å²) in [5, 5.41) is 9.46. The van der Waals surface area contributed by atoms with Gasteiger partial charge in [0.05, 0.1) is 6.54 Å². The van der Waals surface area contributed by atoms with Crippen LogP contribution < -0.4 is 0 Å². The van der Waals surface area contributed by atoms with Gasteiger partial charge in [-0.05, 0) is 43.2 Å². The first-order valence-electron chi connectivity index (χ1n) is 9.26. The largest absolute Gasteiger partial charge is 0.330 e. The highest BCUT2D eigenvalue weighted by Gasteiger charge is 2.50. The van der Waals surface area contributed by atoms with Crippen LogP contribution in [0.15, 0.2) is 24.3 Å². The highest BCUT2D eigenvalue weighted by Crippen LogP contribution is 2.53. The van der Waals surface area contributed by atoms with Crippen LogP contribution in [0.3, 0.4) is 0 Å². The molecule has 2 aromatic rings. The first-order chi connectivity index (χ1) is 13.1. The number of amides is 2. The van der Waals surface area contributed by atoms with Crippen LogP contribution in [0.25, 0.3) is 10.6 Å². The van der Waals surface area contributed by atoms with Crippen molar-refractivity contribution in [3.8, 4) is 10.6 Å². The van der Waals surface area contributed by atoms with Crippen LogP contribution in [0.4, 0.5) is 4.39 Å². The van der Waals surface area contributed by atoms with Gasteiger partial charge in [-0.1, -0.05) is 23.5 Å². The van der Waals surface area contributed by atoms with Crippen molar-refractivity contribution in [3.63, 3.8) is 0 Å². The minimum absolute atomic E-state index is 0.244. The van der Waals surface area contributed by atoms with Crippen LogP contribution in [0.2, 0.25) is 0 Å². The number of carbonyl (C=O) groups is 2. The molecule has 2 heterocycles. The number of hydrogen-bond donors (Lipinski definition) is 0. The van der Waals surface area contributed by atoms with Crippen LogP contribution in [-0.2, 0) is 16.1 Å². The van der Waals surface area contributed by atoms with E-state index in [0.29, 0.717) is 28.7 Å². The van der Waals surface area contributed by atoms with E-state index in [-0.39, 0.29) is 24.3 Å². The monoisotopic (exact) mass is 386 g/mol. The van der Waals surface area contributed by atoms with Gasteiger partial charge in [-0.15, -0.1) is 10.2 Å². The van der Waals surface area contributed by atoms with Gasteiger partial charge in [0.15, 0.2) is 0 Å². The SMILES string of the molecule is O=C1C(=O)N(C2C[C@@H]3C[C@@H]3C2)CCN1Cc1nnc(-c2cccc(F)c2)s1. The molecule has 0 bridgehead atoms. The molecular weight excluding hydrogens is 367 g/mol. The lowest BCUT2D eigenvalue weighted by atomic mass is 10.1. The maximum Gasteiger partial charge on any atom is 0.312 e. The molecule has 3 fully saturated rings. The molecule has 0 radical (unpaired) electrons. The summed E-state index contributed by atoms with van der Waals surface area (Å²) in [7, 11) is 0. The van der Waals surface area contributed by atoms with Crippen molar-refractivity contribution >= 4 is 23.2 Å². The normalized spacial score (nSPS) is 27.2. The van der Waals surface area contributed by atoms with E-state index < -0.39 is 5.91 Å². The number of halogens is 1. The second kappa shape index (κ2) is 6.37. The highest BCUT2D eigenvalue weighted by atomic mass is 32.1. The second-order valence-electron chi connectivity index (χ2n) is 7.62. The van der Waals surface area contributed by atoms with Crippen molar-refractivity contribution < 1.29 is 14.0 Å². The van der Waals surface area contributed by atoms with Crippen molar-refractivity contribution in [2.75, 3.05) is 13.1 Å². The molecule has 2 saturated carbocycles. The number of carbonyl (C=O) groups excluding carboxylic acids is 2. The summed E-state index contributed by atoms with van der Waals surface area (Å²) in [6.07, 6.45) is 3.40. The molecule has 3 aliphatic rings. The summed E-state index contributed by atoms with van der Waals surface area (Å²) in [6.45, 7) is 1.37. The van der Waals surface area contributed by atoms with E-state index in [1.807, 2.05) is 0 Å². The average Bonchev–Trinajstić information content (AvgIpc) is 3.06. The summed E-state index contributed by atoms with van der Waals surface area (Å²) in [4.78, 5) is 28.4. The van der Waals surface area contributed by atoms with Gasteiger partial charge in [-0.25, -0.2) is 4.39 Å². The summed E-state index contributed by atoms with van der Waals surface area (Å²) >= 11 is 1.32. The molecule has 1 unspecified atom stereocenters. The molecule has 140 valence electrons. The van der Waals surface area contributed by atoms with Gasteiger partial charge < -0.3 is 9.80 Å². The van der Waals surface area contributed by atoms with Gasteiger partial charge in [-0.3, -0.25) is 9.59 Å². The number of aromatic nitrogens is 2. The molecule has 6 nitrogen and oxygen atoms in total. The summed E-state index contributed by atoms with van der Waals surface area (Å²) in [5.41, 5.74) is 0.658. The van der Waals surface area contributed by atoms with E-state index in [4.69, 9.17) is 0 Å². The number of benzene rings is 1. The van der Waals surface area contributed by atoms with E-state index in [1.54, 1.807) is 21.9 Å². The van der Waals surface area contributed by atoms with Crippen LogP contribution in [0, 0.1) is 17.7 Å². The molecule has 0 spiro atoms. The maximum absolute atomic E-state index is 13.4. The Bertz CT molecular complexity index is 907. The predicted molar refractivity (Wildman–Crippen MR) is 97.1 cm³/mol. The average molecular weight is 386 g/mol. The van der Waals surface area contributed by atoms with Gasteiger partial charge in [-0.2, -0.15) is 0 Å². The second-order valence-corrected chi connectivity index (χ2v) is 8.68. The van der Waals surface area contributed by atoms with Crippen molar-refractivity contribution in [1.29, 1.82) is 0 Å². The molecule has 2 amide bonds. The molecule has 3 atom stereocenters. The van der Waals surface area contributed by atoms with E-state index in [9.17, 15) is 14.0 Å². The summed E-state index contributed by atoms with van der Waals surface area (Å²) < 4.78 is 13.4. The lowest BCUT2D eigenvalue weighted by Crippen LogP contribution is -2.56. The van der Waals surface area contributed by atoms with E-state index in [2.05, 4.69) is 10.2 Å². The number of piperazine rings is 1. The van der Waals surface area contributed by atoms with Gasteiger partial charge in [0.1, 0.15) is 15.8 Å². The Labute approximate surface area is 160 Å². The number of hydrogen-bond acceptors (Lipinski definition) is 5. The smallest absolute Gasteiger partial charge is 0.312 e. The van der Waals surface area contributed by atoms with Gasteiger partial charge in [0.25, 0.3) is 0 Å². The van der Waals surface area contributed by atoms with E-state index >= 15 is 0 Å². The first kappa shape index (κ1) is 16.8. The van der Waals surface area contributed by atoms with Crippen LogP contribution >= 0.6 is 11.3 Å². The van der Waals surface area contributed by atoms with E-state index in [1.165, 1.54) is 29.9 Å². The number of fused-ring (bicyclic) bond motifs is 1. The molecule has 8 heteroatoms. The lowest BCUT2D eigenvalue weighted by molar-refractivity contribution is -0.158. The fourth-order valence-electron chi connectivity index (χ4n) is 4.35. The third-order valence-corrected chi connectivity index (χ3v) is 6.82. The molecule has 1 aliphatic heterocycles. The number of rotatable bonds is 4. The van der Waals surface area contributed by atoms with Crippen molar-refractivity contribution in [2.45, 2.75) is 31.8 Å². The Kier molecular flexibility index (Phi) is 3.96. The quantitative estimate of drug-likeness (QED) is 0.757. The fraction of sp³-hybridized carbons (Fsp3) is 0.474. The van der Waals surface area contributed by atoms with Crippen molar-refractivity contribution in [2.24, 2.45) is 11.8 Å². The third-order valence-electron chi connectivity index (χ3n) is 5.87. The fourth-order valence-corrected chi connectivity index (χ4v) is 5.20. The van der Waals surface area contributed by atoms with Gasteiger partial charge >= 0.3 is 11.8 Å². The molecule has 0 N–H and O–H groups in total. The van der Waals surface area contributed by atoms with E-state index in [0.717, 1.165) is 24.7 Å². The highest BCUT2D eigenvalue weighted by molar-refractivity contribution is 7.14. The molecule has 1 aromatic carbocycles. The molecule has 2 aliphatic carbocycles. The Morgan fingerprint density at radius 1 is 1.07 bits per heavy atom. The Morgan fingerprint density at radius 2 is 1.89 bits per heavy atom. The minimum Gasteiger partial charge on any atom is -0.330 e. The first-order valence-corrected chi connectivity index (χ1v) is 10.1. The third kappa shape index (κ3) is 3.12. The summed E-state index contributed by atoms with van der Waals surface area (Å²) in [5.74, 6) is 0.384. The zero-order valence-electron chi connectivity index (χ0n) is 14.7. The maximum atomic E-state index is 13.4. The van der Waals surface area contributed by atoms with Gasteiger partial charge in [0, 0.05) is 24.7 Å². The van der Waals surface area contributed by atoms with Crippen LogP contribution in [0.1, 0.15) is 24.3 Å². The van der Waals surface area contributed by atoms with Crippen LogP contribution in [-0.4, -0.2) is 50.9 Å². The standard InChI is InChI=1S/C19H19FN4O2S/c20-14-3-1-2-11(7-14)17-22-21-16(27-17)10-23-4-5-24(19(26)18(23)25)15-8-12-6-13(12)9-15/h1-3,7,12-13,15H,4-6,8-10H2/t12-,13+,15?. The number of nitrogens with zero attached hydrogens (tertiary/aromatic N) is 4. The Balaban J connectivity index is 1.25. The van der Waals surface area contributed by atoms with Crippen LogP contribution in [0.5, 0.6) is 0 Å². The van der Waals surface area contributed by atoms with Crippen molar-refractivity contribution in [1.82, 2.24) is 20.0 Å².